The first-order valence-electron chi connectivity index (χ1n) is 8.12. The molecule has 1 N–H and O–H groups in total. The summed E-state index contributed by atoms with van der Waals surface area (Å²) >= 11 is 0. The van der Waals surface area contributed by atoms with Crippen LogP contribution in [0.3, 0.4) is 0 Å². The fourth-order valence-electron chi connectivity index (χ4n) is 2.01. The van der Waals surface area contributed by atoms with Gasteiger partial charge in [0.2, 0.25) is 0 Å². The number of rotatable bonds is 10. The van der Waals surface area contributed by atoms with Crippen LogP contribution in [0, 0.1) is 0 Å². The van der Waals surface area contributed by atoms with E-state index in [-0.39, 0.29) is 12.2 Å². The van der Waals surface area contributed by atoms with Crippen molar-refractivity contribution in [1.82, 2.24) is 0 Å². The summed E-state index contributed by atoms with van der Waals surface area (Å²) in [6.07, 6.45) is 4.14. The molecule has 0 bridgehead atoms. The molecule has 1 aromatic rings. The molecule has 24 heavy (non-hydrogen) atoms. The minimum absolute atomic E-state index is 0.178. The molecule has 0 saturated carbocycles. The second-order valence-electron chi connectivity index (χ2n) is 5.53. The van der Waals surface area contributed by atoms with Crippen LogP contribution in [0.15, 0.2) is 30.6 Å². The molecule has 0 fully saturated rings. The highest BCUT2D eigenvalue weighted by Gasteiger charge is 2.25. The van der Waals surface area contributed by atoms with Crippen LogP contribution >= 0.6 is 0 Å². The van der Waals surface area contributed by atoms with Gasteiger partial charge in [-0.15, -0.1) is 0 Å². The Balaban J connectivity index is 0.000000728. The van der Waals surface area contributed by atoms with Crippen molar-refractivity contribution in [2.45, 2.75) is 64.0 Å². The zero-order chi connectivity index (χ0) is 18.3. The molecule has 0 aliphatic rings. The number of hydrogen-bond donors (Lipinski definition) is 0. The summed E-state index contributed by atoms with van der Waals surface area (Å²) in [5.41, 5.74) is 0. The first-order chi connectivity index (χ1) is 11.2. The van der Waals surface area contributed by atoms with Gasteiger partial charge in [0.15, 0.2) is 12.4 Å². The predicted molar refractivity (Wildman–Crippen MR) is 85.2 cm³/mol. The van der Waals surface area contributed by atoms with E-state index < -0.39 is 22.7 Å². The van der Waals surface area contributed by atoms with Crippen molar-refractivity contribution in [3.63, 3.8) is 0 Å². The Bertz CT molecular complexity index is 466. The summed E-state index contributed by atoms with van der Waals surface area (Å²) in [7, 11) is -4.10. The number of hydrogen-bond acceptors (Lipinski definition) is 3. The van der Waals surface area contributed by atoms with E-state index >= 15 is 0 Å². The lowest BCUT2D eigenvalue weighted by Crippen LogP contribution is -2.06. The topological polar surface area (TPSA) is 71.3 Å². The van der Waals surface area contributed by atoms with Crippen molar-refractivity contribution in [3.8, 4) is 0 Å². The number of halogens is 3. The summed E-state index contributed by atoms with van der Waals surface area (Å²) < 4.78 is 66.2. The first-order valence-corrected chi connectivity index (χ1v) is 9.70. The van der Waals surface area contributed by atoms with Crippen molar-refractivity contribution < 1.29 is 31.1 Å². The van der Waals surface area contributed by atoms with Crippen LogP contribution in [0.5, 0.6) is 0 Å². The largest absolute Gasteiger partial charge is 0.748 e. The average Bonchev–Trinajstić information content (AvgIpc) is 2.49. The summed E-state index contributed by atoms with van der Waals surface area (Å²) in [4.78, 5) is 2.89. The van der Waals surface area contributed by atoms with Crippen LogP contribution in [0.25, 0.3) is 0 Å². The van der Waals surface area contributed by atoms with Crippen molar-refractivity contribution >= 4 is 10.1 Å². The van der Waals surface area contributed by atoms with Crippen LogP contribution in [-0.2, 0) is 10.1 Å². The van der Waals surface area contributed by atoms with Crippen molar-refractivity contribution in [2.24, 2.45) is 0 Å². The van der Waals surface area contributed by atoms with Crippen LogP contribution in [0.1, 0.15) is 57.8 Å². The fourth-order valence-corrected chi connectivity index (χ4v) is 2.56. The van der Waals surface area contributed by atoms with Crippen molar-refractivity contribution in [3.05, 3.63) is 30.6 Å². The third-order valence-corrected chi connectivity index (χ3v) is 4.00. The maximum Gasteiger partial charge on any atom is 0.389 e. The Morgan fingerprint density at radius 3 is 1.58 bits per heavy atom. The molecule has 0 aliphatic carbocycles. The SMILES string of the molecule is O=S(=O)([O-])CCCCCCCCCCC(F)(F)F.c1cc[nH+]cc1. The summed E-state index contributed by atoms with van der Waals surface area (Å²) in [6, 6.07) is 5.86. The van der Waals surface area contributed by atoms with Crippen molar-refractivity contribution in [2.75, 3.05) is 5.75 Å². The van der Waals surface area contributed by atoms with Crippen LogP contribution < -0.4 is 4.98 Å². The van der Waals surface area contributed by atoms with Gasteiger partial charge in [0.1, 0.15) is 0 Å². The molecule has 4 nitrogen and oxygen atoms in total. The van der Waals surface area contributed by atoms with Gasteiger partial charge in [-0.1, -0.05) is 44.6 Å². The summed E-state index contributed by atoms with van der Waals surface area (Å²) in [6.45, 7) is 0. The number of alkyl halides is 3. The highest BCUT2D eigenvalue weighted by molar-refractivity contribution is 7.85. The number of nitrogens with one attached hydrogen (secondary N) is 1. The van der Waals surface area contributed by atoms with E-state index in [0.717, 1.165) is 25.7 Å². The lowest BCUT2D eigenvalue weighted by atomic mass is 10.1. The molecule has 8 heteroatoms. The molecule has 1 aromatic heterocycles. The second-order valence-corrected chi connectivity index (χ2v) is 7.06. The van der Waals surface area contributed by atoms with Crippen LogP contribution in [-0.4, -0.2) is 24.9 Å². The molecule has 1 heterocycles. The average molecular weight is 369 g/mol. The molecule has 0 atom stereocenters. The molecule has 0 amide bonds. The smallest absolute Gasteiger partial charge is 0.389 e. The molecule has 0 aromatic carbocycles. The third-order valence-electron chi connectivity index (χ3n) is 3.21. The Hall–Kier alpha value is -1.15. The molecular formula is C16H26F3NO3S. The number of aromatic nitrogens is 1. The van der Waals surface area contributed by atoms with E-state index in [2.05, 4.69) is 4.98 Å². The molecule has 0 unspecified atom stereocenters. The minimum atomic E-state index is -4.10. The summed E-state index contributed by atoms with van der Waals surface area (Å²) in [5, 5.41) is 0. The maximum atomic E-state index is 11.8. The normalized spacial score (nSPS) is 11.7. The Kier molecular flexibility index (Phi) is 12.5. The molecule has 0 spiro atoms. The first kappa shape index (κ1) is 22.9. The highest BCUT2D eigenvalue weighted by Crippen LogP contribution is 2.23. The minimum Gasteiger partial charge on any atom is -0.748 e. The van der Waals surface area contributed by atoms with Gasteiger partial charge in [0, 0.05) is 24.3 Å². The fraction of sp³-hybridized carbons (Fsp3) is 0.688. The molecule has 1 rings (SSSR count). The van der Waals surface area contributed by atoms with Gasteiger partial charge in [-0.2, -0.15) is 13.2 Å². The Labute approximate surface area is 142 Å². The van der Waals surface area contributed by atoms with Crippen LogP contribution in [0.4, 0.5) is 13.2 Å². The quantitative estimate of drug-likeness (QED) is 0.460. The van der Waals surface area contributed by atoms with Gasteiger partial charge in [0.25, 0.3) is 0 Å². The van der Waals surface area contributed by atoms with E-state index in [4.69, 9.17) is 0 Å². The van der Waals surface area contributed by atoms with Gasteiger partial charge < -0.3 is 4.55 Å². The number of aromatic amines is 1. The van der Waals surface area contributed by atoms with Gasteiger partial charge in [-0.3, -0.25) is 0 Å². The molecule has 0 saturated heterocycles. The zero-order valence-corrected chi connectivity index (χ0v) is 14.5. The van der Waals surface area contributed by atoms with E-state index in [0.29, 0.717) is 19.3 Å². The van der Waals surface area contributed by atoms with Gasteiger partial charge in [-0.05, 0) is 12.8 Å². The lowest BCUT2D eigenvalue weighted by molar-refractivity contribution is -0.377. The maximum absolute atomic E-state index is 11.8. The number of unbranched alkanes of at least 4 members (excludes halogenated alkanes) is 7. The highest BCUT2D eigenvalue weighted by atomic mass is 32.2. The van der Waals surface area contributed by atoms with Gasteiger partial charge in [0.05, 0.1) is 10.1 Å². The van der Waals surface area contributed by atoms with E-state index in [1.54, 1.807) is 0 Å². The van der Waals surface area contributed by atoms with Gasteiger partial charge in [-0.25, -0.2) is 13.4 Å². The van der Waals surface area contributed by atoms with Crippen LogP contribution in [0.2, 0.25) is 0 Å². The molecular weight excluding hydrogens is 343 g/mol. The predicted octanol–water partition coefficient (Wildman–Crippen LogP) is 4.11. The molecule has 0 aliphatic heterocycles. The second kappa shape index (κ2) is 13.2. The van der Waals surface area contributed by atoms with E-state index in [1.165, 1.54) is 0 Å². The lowest BCUT2D eigenvalue weighted by Gasteiger charge is -2.06. The summed E-state index contributed by atoms with van der Waals surface area (Å²) in [5.74, 6) is -0.321. The van der Waals surface area contributed by atoms with Gasteiger partial charge >= 0.3 is 6.18 Å². The number of pyridine rings is 1. The van der Waals surface area contributed by atoms with E-state index in [1.807, 2.05) is 30.6 Å². The third kappa shape index (κ3) is 20.9. The molecule has 140 valence electrons. The standard InChI is InChI=1S/C11H21F3O3S.C5H5N/c12-11(13,14)9-7-5-3-1-2-4-6-8-10-18(15,16)17;1-2-4-6-5-3-1/h1-10H2,(H,15,16,17);1-5H. The zero-order valence-electron chi connectivity index (χ0n) is 13.7. The Morgan fingerprint density at radius 1 is 0.792 bits per heavy atom. The monoisotopic (exact) mass is 369 g/mol. The van der Waals surface area contributed by atoms with E-state index in [9.17, 15) is 26.1 Å². The Morgan fingerprint density at radius 2 is 1.25 bits per heavy atom. The number of H-pyrrole nitrogens is 1. The van der Waals surface area contributed by atoms with Crippen molar-refractivity contribution in [1.29, 1.82) is 0 Å². The molecule has 0 radical (unpaired) electrons.